The Morgan fingerprint density at radius 1 is 1.35 bits per heavy atom. The standard InChI is InChI=1S/C13H18ClNO2/c1-10-5-6-11(14)9-12(10)13(17)15-7-3-2-4-8-16/h5-6,9,16H,2-4,7-8H2,1H3,(H,15,17). The van der Waals surface area contributed by atoms with E-state index in [1.54, 1.807) is 12.1 Å². The van der Waals surface area contributed by atoms with Gasteiger partial charge in [0.25, 0.3) is 5.91 Å². The summed E-state index contributed by atoms with van der Waals surface area (Å²) in [6, 6.07) is 5.29. The molecule has 1 aromatic carbocycles. The Bertz CT molecular complexity index is 380. The van der Waals surface area contributed by atoms with Crippen LogP contribution in [0.4, 0.5) is 0 Å². The van der Waals surface area contributed by atoms with Crippen LogP contribution in [0.3, 0.4) is 0 Å². The highest BCUT2D eigenvalue weighted by atomic mass is 35.5. The molecule has 1 amide bonds. The van der Waals surface area contributed by atoms with Gasteiger partial charge in [-0.05, 0) is 43.9 Å². The Labute approximate surface area is 107 Å². The van der Waals surface area contributed by atoms with Gasteiger partial charge < -0.3 is 10.4 Å². The van der Waals surface area contributed by atoms with Crippen molar-refractivity contribution in [1.82, 2.24) is 5.32 Å². The number of carbonyl (C=O) groups excluding carboxylic acids is 1. The molecule has 0 aliphatic carbocycles. The second-order valence-corrected chi connectivity index (χ2v) is 4.44. The topological polar surface area (TPSA) is 49.3 Å². The second kappa shape index (κ2) is 7.30. The van der Waals surface area contributed by atoms with Gasteiger partial charge in [0.15, 0.2) is 0 Å². The van der Waals surface area contributed by atoms with Gasteiger partial charge in [-0.15, -0.1) is 0 Å². The summed E-state index contributed by atoms with van der Waals surface area (Å²) in [5.74, 6) is -0.0889. The minimum atomic E-state index is -0.0889. The lowest BCUT2D eigenvalue weighted by Gasteiger charge is -2.07. The van der Waals surface area contributed by atoms with Crippen LogP contribution in [0.2, 0.25) is 5.02 Å². The van der Waals surface area contributed by atoms with Gasteiger partial charge in [-0.1, -0.05) is 17.7 Å². The quantitative estimate of drug-likeness (QED) is 0.768. The summed E-state index contributed by atoms with van der Waals surface area (Å²) < 4.78 is 0. The van der Waals surface area contributed by atoms with E-state index >= 15 is 0 Å². The monoisotopic (exact) mass is 255 g/mol. The van der Waals surface area contributed by atoms with E-state index in [9.17, 15) is 4.79 Å². The van der Waals surface area contributed by atoms with Crippen LogP contribution in [0, 0.1) is 6.92 Å². The molecule has 0 saturated heterocycles. The fourth-order valence-corrected chi connectivity index (χ4v) is 1.72. The van der Waals surface area contributed by atoms with E-state index in [1.165, 1.54) is 0 Å². The Kier molecular flexibility index (Phi) is 6.01. The van der Waals surface area contributed by atoms with Crippen LogP contribution in [0.5, 0.6) is 0 Å². The fourth-order valence-electron chi connectivity index (χ4n) is 1.55. The normalized spacial score (nSPS) is 10.3. The number of hydrogen-bond acceptors (Lipinski definition) is 2. The van der Waals surface area contributed by atoms with Gasteiger partial charge in [0.2, 0.25) is 0 Å². The van der Waals surface area contributed by atoms with Crippen LogP contribution >= 0.6 is 11.6 Å². The number of aryl methyl sites for hydroxylation is 1. The maximum atomic E-state index is 11.8. The van der Waals surface area contributed by atoms with E-state index in [4.69, 9.17) is 16.7 Å². The van der Waals surface area contributed by atoms with Crippen molar-refractivity contribution in [2.75, 3.05) is 13.2 Å². The summed E-state index contributed by atoms with van der Waals surface area (Å²) in [5.41, 5.74) is 1.54. The molecule has 0 aliphatic rings. The molecule has 94 valence electrons. The molecule has 3 nitrogen and oxygen atoms in total. The highest BCUT2D eigenvalue weighted by Crippen LogP contribution is 2.15. The smallest absolute Gasteiger partial charge is 0.251 e. The number of rotatable bonds is 6. The molecule has 0 radical (unpaired) electrons. The number of aliphatic hydroxyl groups is 1. The molecule has 0 aliphatic heterocycles. The number of nitrogens with one attached hydrogen (secondary N) is 1. The summed E-state index contributed by atoms with van der Waals surface area (Å²) in [6.45, 7) is 2.73. The van der Waals surface area contributed by atoms with Crippen molar-refractivity contribution in [3.05, 3.63) is 34.3 Å². The first-order valence-electron chi connectivity index (χ1n) is 5.80. The lowest BCUT2D eigenvalue weighted by atomic mass is 10.1. The largest absolute Gasteiger partial charge is 0.396 e. The van der Waals surface area contributed by atoms with Gasteiger partial charge >= 0.3 is 0 Å². The van der Waals surface area contributed by atoms with E-state index in [-0.39, 0.29) is 12.5 Å². The molecule has 4 heteroatoms. The first-order chi connectivity index (χ1) is 8.15. The SMILES string of the molecule is Cc1ccc(Cl)cc1C(=O)NCCCCCO. The Morgan fingerprint density at radius 2 is 2.12 bits per heavy atom. The molecule has 0 bridgehead atoms. The number of carbonyl (C=O) groups is 1. The number of aliphatic hydroxyl groups excluding tert-OH is 1. The molecular weight excluding hydrogens is 238 g/mol. The van der Waals surface area contributed by atoms with Gasteiger partial charge in [0, 0.05) is 23.7 Å². The lowest BCUT2D eigenvalue weighted by molar-refractivity contribution is 0.0952. The average molecular weight is 256 g/mol. The zero-order chi connectivity index (χ0) is 12.7. The highest BCUT2D eigenvalue weighted by molar-refractivity contribution is 6.31. The molecule has 0 aromatic heterocycles. The average Bonchev–Trinajstić information content (AvgIpc) is 2.32. The van der Waals surface area contributed by atoms with Gasteiger partial charge in [-0.25, -0.2) is 0 Å². The zero-order valence-electron chi connectivity index (χ0n) is 10.0. The maximum Gasteiger partial charge on any atom is 0.251 e. The second-order valence-electron chi connectivity index (χ2n) is 4.00. The molecule has 1 aromatic rings. The Hall–Kier alpha value is -1.06. The first kappa shape index (κ1) is 14.0. The third-order valence-electron chi connectivity index (χ3n) is 2.56. The van der Waals surface area contributed by atoms with E-state index in [0.717, 1.165) is 24.8 Å². The van der Waals surface area contributed by atoms with Crippen LogP contribution in [0.15, 0.2) is 18.2 Å². The number of hydrogen-bond donors (Lipinski definition) is 2. The van der Waals surface area contributed by atoms with Crippen LogP contribution in [0.25, 0.3) is 0 Å². The van der Waals surface area contributed by atoms with Crippen molar-refractivity contribution >= 4 is 17.5 Å². The summed E-state index contributed by atoms with van der Waals surface area (Å²) in [6.07, 6.45) is 2.59. The van der Waals surface area contributed by atoms with Gasteiger partial charge in [0.05, 0.1) is 0 Å². The van der Waals surface area contributed by atoms with Crippen LogP contribution in [-0.4, -0.2) is 24.2 Å². The van der Waals surface area contributed by atoms with E-state index < -0.39 is 0 Å². The molecular formula is C13H18ClNO2. The number of unbranched alkanes of at least 4 members (excludes halogenated alkanes) is 2. The van der Waals surface area contributed by atoms with Crippen molar-refractivity contribution in [1.29, 1.82) is 0 Å². The molecule has 0 fully saturated rings. The predicted molar refractivity (Wildman–Crippen MR) is 69.5 cm³/mol. The maximum absolute atomic E-state index is 11.8. The van der Waals surface area contributed by atoms with Gasteiger partial charge in [-0.3, -0.25) is 4.79 Å². The van der Waals surface area contributed by atoms with E-state index in [2.05, 4.69) is 5.32 Å². The Balaban J connectivity index is 2.44. The van der Waals surface area contributed by atoms with E-state index in [1.807, 2.05) is 13.0 Å². The van der Waals surface area contributed by atoms with Crippen molar-refractivity contribution < 1.29 is 9.90 Å². The highest BCUT2D eigenvalue weighted by Gasteiger charge is 2.08. The van der Waals surface area contributed by atoms with Gasteiger partial charge in [0.1, 0.15) is 0 Å². The number of amides is 1. The van der Waals surface area contributed by atoms with Crippen molar-refractivity contribution in [2.24, 2.45) is 0 Å². The minimum absolute atomic E-state index is 0.0889. The molecule has 2 N–H and O–H groups in total. The Morgan fingerprint density at radius 3 is 2.82 bits per heavy atom. The molecule has 17 heavy (non-hydrogen) atoms. The zero-order valence-corrected chi connectivity index (χ0v) is 10.8. The molecule has 1 rings (SSSR count). The lowest BCUT2D eigenvalue weighted by Crippen LogP contribution is -2.25. The third kappa shape index (κ3) is 4.75. The van der Waals surface area contributed by atoms with Crippen molar-refractivity contribution in [2.45, 2.75) is 26.2 Å². The van der Waals surface area contributed by atoms with Crippen LogP contribution < -0.4 is 5.32 Å². The molecule has 0 saturated carbocycles. The molecule has 0 unspecified atom stereocenters. The van der Waals surface area contributed by atoms with Gasteiger partial charge in [-0.2, -0.15) is 0 Å². The van der Waals surface area contributed by atoms with Crippen molar-refractivity contribution in [3.63, 3.8) is 0 Å². The fraction of sp³-hybridized carbons (Fsp3) is 0.462. The van der Waals surface area contributed by atoms with Crippen LogP contribution in [-0.2, 0) is 0 Å². The minimum Gasteiger partial charge on any atom is -0.396 e. The molecule has 0 spiro atoms. The number of halogens is 1. The molecule has 0 atom stereocenters. The first-order valence-corrected chi connectivity index (χ1v) is 6.18. The molecule has 0 heterocycles. The van der Waals surface area contributed by atoms with Crippen molar-refractivity contribution in [3.8, 4) is 0 Å². The van der Waals surface area contributed by atoms with Crippen LogP contribution in [0.1, 0.15) is 35.2 Å². The third-order valence-corrected chi connectivity index (χ3v) is 2.80. The summed E-state index contributed by atoms with van der Waals surface area (Å²) in [5, 5.41) is 12.0. The predicted octanol–water partition coefficient (Wildman–Crippen LogP) is 2.54. The summed E-state index contributed by atoms with van der Waals surface area (Å²) in [7, 11) is 0. The number of benzene rings is 1. The van der Waals surface area contributed by atoms with E-state index in [0.29, 0.717) is 17.1 Å². The summed E-state index contributed by atoms with van der Waals surface area (Å²) >= 11 is 5.86. The summed E-state index contributed by atoms with van der Waals surface area (Å²) in [4.78, 5) is 11.8.